The van der Waals surface area contributed by atoms with E-state index < -0.39 is 0 Å². The van der Waals surface area contributed by atoms with Crippen LogP contribution in [0, 0.1) is 6.92 Å². The van der Waals surface area contributed by atoms with Crippen molar-refractivity contribution in [3.8, 4) is 5.75 Å². The SMILES string of the molecule is Cc1ccc(OCCN2c3ccccc3C(C)CC2(C)C)cc1. The molecule has 2 aromatic carbocycles. The zero-order chi connectivity index (χ0) is 16.4. The third-order valence-corrected chi connectivity index (χ3v) is 4.90. The first kappa shape index (κ1) is 15.9. The zero-order valence-corrected chi connectivity index (χ0v) is 14.7. The first-order chi connectivity index (χ1) is 11.0. The molecule has 0 bridgehead atoms. The van der Waals surface area contributed by atoms with Gasteiger partial charge in [0.15, 0.2) is 0 Å². The first-order valence-corrected chi connectivity index (χ1v) is 8.53. The molecule has 0 amide bonds. The van der Waals surface area contributed by atoms with Gasteiger partial charge in [0.1, 0.15) is 12.4 Å². The minimum atomic E-state index is 0.157. The molecule has 0 aliphatic carbocycles. The minimum Gasteiger partial charge on any atom is -0.492 e. The van der Waals surface area contributed by atoms with Crippen molar-refractivity contribution >= 4 is 5.69 Å². The molecule has 0 fully saturated rings. The van der Waals surface area contributed by atoms with Crippen molar-refractivity contribution in [1.82, 2.24) is 0 Å². The zero-order valence-electron chi connectivity index (χ0n) is 14.7. The lowest BCUT2D eigenvalue weighted by Gasteiger charge is -2.47. The molecule has 2 nitrogen and oxygen atoms in total. The summed E-state index contributed by atoms with van der Waals surface area (Å²) >= 11 is 0. The van der Waals surface area contributed by atoms with Crippen molar-refractivity contribution in [2.45, 2.75) is 45.6 Å². The number of fused-ring (bicyclic) bond motifs is 1. The standard InChI is InChI=1S/C21H27NO/c1-16-9-11-18(12-10-16)23-14-13-22-20-8-6-5-7-19(20)17(2)15-21(22,3)4/h5-12,17H,13-15H2,1-4H3. The maximum absolute atomic E-state index is 5.96. The number of hydrogen-bond acceptors (Lipinski definition) is 2. The van der Waals surface area contributed by atoms with E-state index in [9.17, 15) is 0 Å². The Balaban J connectivity index is 1.73. The molecule has 23 heavy (non-hydrogen) atoms. The predicted octanol–water partition coefficient (Wildman–Crippen LogP) is 5.17. The summed E-state index contributed by atoms with van der Waals surface area (Å²) in [6.45, 7) is 10.7. The van der Waals surface area contributed by atoms with E-state index in [1.54, 1.807) is 0 Å². The van der Waals surface area contributed by atoms with E-state index in [1.165, 1.54) is 23.2 Å². The van der Waals surface area contributed by atoms with Crippen LogP contribution in [0.1, 0.15) is 44.2 Å². The highest BCUT2D eigenvalue weighted by atomic mass is 16.5. The number of ether oxygens (including phenoxy) is 1. The van der Waals surface area contributed by atoms with Crippen LogP contribution in [0.3, 0.4) is 0 Å². The van der Waals surface area contributed by atoms with Crippen molar-refractivity contribution in [2.75, 3.05) is 18.1 Å². The Bertz CT molecular complexity index is 660. The molecule has 0 N–H and O–H groups in total. The molecule has 0 aromatic heterocycles. The Morgan fingerprint density at radius 1 is 1.09 bits per heavy atom. The fourth-order valence-corrected chi connectivity index (χ4v) is 3.76. The quantitative estimate of drug-likeness (QED) is 0.773. The number of nitrogens with zero attached hydrogens (tertiary/aromatic N) is 1. The first-order valence-electron chi connectivity index (χ1n) is 8.53. The number of anilines is 1. The summed E-state index contributed by atoms with van der Waals surface area (Å²) < 4.78 is 5.96. The highest BCUT2D eigenvalue weighted by molar-refractivity contribution is 5.59. The predicted molar refractivity (Wildman–Crippen MR) is 97.6 cm³/mol. The molecule has 3 rings (SSSR count). The topological polar surface area (TPSA) is 12.5 Å². The van der Waals surface area contributed by atoms with Crippen LogP contribution in [0.25, 0.3) is 0 Å². The molecule has 122 valence electrons. The molecule has 0 saturated carbocycles. The number of aryl methyl sites for hydroxylation is 1. The van der Waals surface area contributed by atoms with Crippen molar-refractivity contribution in [1.29, 1.82) is 0 Å². The summed E-state index contributed by atoms with van der Waals surface area (Å²) in [6, 6.07) is 17.1. The van der Waals surface area contributed by atoms with Gasteiger partial charge in [0, 0.05) is 11.2 Å². The van der Waals surface area contributed by atoms with Gasteiger partial charge in [-0.3, -0.25) is 0 Å². The van der Waals surface area contributed by atoms with Crippen LogP contribution in [0.5, 0.6) is 5.75 Å². The van der Waals surface area contributed by atoms with Gasteiger partial charge in [0.05, 0.1) is 6.54 Å². The van der Waals surface area contributed by atoms with Crippen LogP contribution >= 0.6 is 0 Å². The summed E-state index contributed by atoms with van der Waals surface area (Å²) in [5.74, 6) is 1.56. The van der Waals surface area contributed by atoms with Gasteiger partial charge in [-0.25, -0.2) is 0 Å². The highest BCUT2D eigenvalue weighted by Crippen LogP contribution is 2.42. The van der Waals surface area contributed by atoms with Crippen LogP contribution in [-0.4, -0.2) is 18.7 Å². The normalized spacial score (nSPS) is 19.3. The maximum atomic E-state index is 5.96. The molecule has 0 radical (unpaired) electrons. The van der Waals surface area contributed by atoms with Gasteiger partial charge in [-0.05, 0) is 56.9 Å². The second-order valence-corrected chi connectivity index (χ2v) is 7.29. The summed E-state index contributed by atoms with van der Waals surface area (Å²) in [7, 11) is 0. The van der Waals surface area contributed by atoms with Gasteiger partial charge in [-0.2, -0.15) is 0 Å². The minimum absolute atomic E-state index is 0.157. The average Bonchev–Trinajstić information content (AvgIpc) is 2.52. The van der Waals surface area contributed by atoms with Crippen molar-refractivity contribution in [3.63, 3.8) is 0 Å². The maximum Gasteiger partial charge on any atom is 0.119 e. The Morgan fingerprint density at radius 3 is 2.52 bits per heavy atom. The molecular weight excluding hydrogens is 282 g/mol. The summed E-state index contributed by atoms with van der Waals surface area (Å²) in [5, 5.41) is 0. The highest BCUT2D eigenvalue weighted by Gasteiger charge is 2.35. The lowest BCUT2D eigenvalue weighted by atomic mass is 9.80. The smallest absolute Gasteiger partial charge is 0.119 e. The molecule has 1 aliphatic rings. The molecule has 1 unspecified atom stereocenters. The van der Waals surface area contributed by atoms with Gasteiger partial charge in [0.25, 0.3) is 0 Å². The van der Waals surface area contributed by atoms with Gasteiger partial charge < -0.3 is 9.64 Å². The Kier molecular flexibility index (Phi) is 4.34. The van der Waals surface area contributed by atoms with E-state index in [2.05, 4.69) is 69.0 Å². The van der Waals surface area contributed by atoms with E-state index >= 15 is 0 Å². The third-order valence-electron chi connectivity index (χ3n) is 4.90. The lowest BCUT2D eigenvalue weighted by molar-refractivity contribution is 0.294. The molecule has 1 aliphatic heterocycles. The van der Waals surface area contributed by atoms with Crippen molar-refractivity contribution in [2.24, 2.45) is 0 Å². The Morgan fingerprint density at radius 2 is 1.78 bits per heavy atom. The fraction of sp³-hybridized carbons (Fsp3) is 0.429. The van der Waals surface area contributed by atoms with Gasteiger partial charge in [-0.15, -0.1) is 0 Å². The number of rotatable bonds is 4. The summed E-state index contributed by atoms with van der Waals surface area (Å²) in [4.78, 5) is 2.51. The number of para-hydroxylation sites is 1. The largest absolute Gasteiger partial charge is 0.492 e. The fourth-order valence-electron chi connectivity index (χ4n) is 3.76. The van der Waals surface area contributed by atoms with E-state index in [0.29, 0.717) is 12.5 Å². The van der Waals surface area contributed by atoms with Crippen LogP contribution < -0.4 is 9.64 Å². The monoisotopic (exact) mass is 309 g/mol. The van der Waals surface area contributed by atoms with Crippen LogP contribution in [0.2, 0.25) is 0 Å². The van der Waals surface area contributed by atoms with Crippen molar-refractivity contribution in [3.05, 3.63) is 59.7 Å². The molecular formula is C21H27NO. The van der Waals surface area contributed by atoms with Gasteiger partial charge in [0.2, 0.25) is 0 Å². The Hall–Kier alpha value is -1.96. The molecule has 2 heteroatoms. The van der Waals surface area contributed by atoms with E-state index in [1.807, 2.05) is 12.1 Å². The Labute approximate surface area is 140 Å². The van der Waals surface area contributed by atoms with E-state index in [4.69, 9.17) is 4.74 Å². The lowest BCUT2D eigenvalue weighted by Crippen LogP contribution is -2.50. The molecule has 0 saturated heterocycles. The van der Waals surface area contributed by atoms with E-state index in [-0.39, 0.29) is 5.54 Å². The van der Waals surface area contributed by atoms with Crippen LogP contribution in [0.15, 0.2) is 48.5 Å². The van der Waals surface area contributed by atoms with E-state index in [0.717, 1.165) is 12.3 Å². The summed E-state index contributed by atoms with van der Waals surface area (Å²) in [6.07, 6.45) is 1.18. The van der Waals surface area contributed by atoms with Crippen molar-refractivity contribution < 1.29 is 4.74 Å². The summed E-state index contributed by atoms with van der Waals surface area (Å²) in [5.41, 5.74) is 4.24. The molecule has 1 atom stereocenters. The second-order valence-electron chi connectivity index (χ2n) is 7.29. The molecule has 2 aromatic rings. The molecule has 0 spiro atoms. The number of hydrogen-bond donors (Lipinski definition) is 0. The number of benzene rings is 2. The third kappa shape index (κ3) is 3.36. The van der Waals surface area contributed by atoms with Gasteiger partial charge in [-0.1, -0.05) is 42.8 Å². The van der Waals surface area contributed by atoms with Crippen LogP contribution in [-0.2, 0) is 0 Å². The second kappa shape index (κ2) is 6.27. The van der Waals surface area contributed by atoms with Crippen LogP contribution in [0.4, 0.5) is 5.69 Å². The van der Waals surface area contributed by atoms with Gasteiger partial charge >= 0.3 is 0 Å². The molecule has 1 heterocycles. The average molecular weight is 309 g/mol.